The van der Waals surface area contributed by atoms with Crippen molar-refractivity contribution in [2.24, 2.45) is 28.8 Å². The van der Waals surface area contributed by atoms with Gasteiger partial charge in [0.1, 0.15) is 5.75 Å². The highest BCUT2D eigenvalue weighted by Crippen LogP contribution is 2.52. The van der Waals surface area contributed by atoms with Gasteiger partial charge in [-0.2, -0.15) is 10.1 Å². The summed E-state index contributed by atoms with van der Waals surface area (Å²) < 4.78 is 5.09. The van der Waals surface area contributed by atoms with Crippen LogP contribution in [0.1, 0.15) is 12.0 Å². The Morgan fingerprint density at radius 1 is 1.09 bits per heavy atom. The third kappa shape index (κ3) is 1.81. The molecule has 1 aromatic carbocycles. The first kappa shape index (κ1) is 13.2. The molecule has 4 rings (SSSR count). The number of amides is 2. The Morgan fingerprint density at radius 2 is 1.68 bits per heavy atom. The van der Waals surface area contributed by atoms with Crippen LogP contribution in [0.3, 0.4) is 0 Å². The first-order valence-electron chi connectivity index (χ1n) is 7.43. The lowest BCUT2D eigenvalue weighted by Crippen LogP contribution is -2.28. The minimum atomic E-state index is -0.199. The van der Waals surface area contributed by atoms with Crippen LogP contribution < -0.4 is 4.74 Å². The molecule has 0 radical (unpaired) electrons. The first-order valence-corrected chi connectivity index (χ1v) is 7.43. The van der Waals surface area contributed by atoms with Crippen molar-refractivity contribution in [2.75, 3.05) is 7.11 Å². The summed E-state index contributed by atoms with van der Waals surface area (Å²) in [6.45, 7) is 0. The van der Waals surface area contributed by atoms with E-state index < -0.39 is 0 Å². The molecule has 0 N–H and O–H groups in total. The van der Waals surface area contributed by atoms with Gasteiger partial charge in [-0.3, -0.25) is 9.59 Å². The number of hydrazone groups is 1. The van der Waals surface area contributed by atoms with Gasteiger partial charge in [0.15, 0.2) is 0 Å². The standard InChI is InChI=1S/C17H16N2O3/c1-22-13-6-2-10(3-7-13)9-18-19-16(20)14-11-4-5-12(8-11)15(14)17(19)21/h2-7,9,11-12,14-15H,8H2,1H3/t11-,12-,14-,15+/m0/s1. The van der Waals surface area contributed by atoms with Gasteiger partial charge in [-0.25, -0.2) is 0 Å². The molecule has 1 aromatic rings. The number of carbonyl (C=O) groups is 2. The van der Waals surface area contributed by atoms with Crippen LogP contribution in [0.15, 0.2) is 41.5 Å². The third-order valence-corrected chi connectivity index (χ3v) is 4.89. The molecule has 1 heterocycles. The van der Waals surface area contributed by atoms with E-state index in [1.807, 2.05) is 24.3 Å². The van der Waals surface area contributed by atoms with E-state index >= 15 is 0 Å². The highest BCUT2D eigenvalue weighted by atomic mass is 16.5. The van der Waals surface area contributed by atoms with Crippen molar-refractivity contribution >= 4 is 18.0 Å². The molecule has 2 bridgehead atoms. The lowest BCUT2D eigenvalue weighted by molar-refractivity contribution is -0.140. The maximum Gasteiger partial charge on any atom is 0.254 e. The molecule has 2 aliphatic carbocycles. The fourth-order valence-corrected chi connectivity index (χ4v) is 3.81. The van der Waals surface area contributed by atoms with Gasteiger partial charge in [0.05, 0.1) is 25.2 Å². The summed E-state index contributed by atoms with van der Waals surface area (Å²) in [7, 11) is 1.60. The van der Waals surface area contributed by atoms with E-state index in [0.717, 1.165) is 22.7 Å². The Morgan fingerprint density at radius 3 is 2.23 bits per heavy atom. The lowest BCUT2D eigenvalue weighted by Gasteiger charge is -2.13. The van der Waals surface area contributed by atoms with E-state index in [1.165, 1.54) is 0 Å². The van der Waals surface area contributed by atoms with Crippen LogP contribution in [0.5, 0.6) is 5.75 Å². The molecule has 1 saturated heterocycles. The van der Waals surface area contributed by atoms with Gasteiger partial charge >= 0.3 is 0 Å². The molecule has 0 unspecified atom stereocenters. The summed E-state index contributed by atoms with van der Waals surface area (Å²) in [4.78, 5) is 24.9. The van der Waals surface area contributed by atoms with Crippen LogP contribution in [0, 0.1) is 23.7 Å². The van der Waals surface area contributed by atoms with Gasteiger partial charge in [0.25, 0.3) is 11.8 Å². The van der Waals surface area contributed by atoms with Crippen molar-refractivity contribution in [3.8, 4) is 5.75 Å². The minimum Gasteiger partial charge on any atom is -0.497 e. The molecule has 5 nitrogen and oxygen atoms in total. The van der Waals surface area contributed by atoms with Crippen molar-refractivity contribution < 1.29 is 14.3 Å². The fourth-order valence-electron chi connectivity index (χ4n) is 3.81. The summed E-state index contributed by atoms with van der Waals surface area (Å²) in [6, 6.07) is 7.29. The first-order chi connectivity index (χ1) is 10.7. The molecule has 1 aliphatic heterocycles. The highest BCUT2D eigenvalue weighted by Gasteiger charge is 2.59. The summed E-state index contributed by atoms with van der Waals surface area (Å²) in [5.41, 5.74) is 0.819. The topological polar surface area (TPSA) is 59.0 Å². The van der Waals surface area contributed by atoms with Gasteiger partial charge in [-0.15, -0.1) is 0 Å². The van der Waals surface area contributed by atoms with Crippen LogP contribution in [-0.2, 0) is 9.59 Å². The SMILES string of the molecule is COc1ccc(C=NN2C(=O)[C@@H]3[C@H](C2=O)[C@H]2C=C[C@H]3C2)cc1. The predicted molar refractivity (Wildman–Crippen MR) is 80.2 cm³/mol. The van der Waals surface area contributed by atoms with E-state index in [1.54, 1.807) is 13.3 Å². The number of methoxy groups -OCH3 is 1. The van der Waals surface area contributed by atoms with Crippen LogP contribution in [0.4, 0.5) is 0 Å². The van der Waals surface area contributed by atoms with Crippen molar-refractivity contribution in [2.45, 2.75) is 6.42 Å². The predicted octanol–water partition coefficient (Wildman–Crippen LogP) is 1.84. The van der Waals surface area contributed by atoms with Gasteiger partial charge in [-0.05, 0) is 48.1 Å². The number of fused-ring (bicyclic) bond motifs is 5. The van der Waals surface area contributed by atoms with Crippen molar-refractivity contribution in [3.63, 3.8) is 0 Å². The Balaban J connectivity index is 1.55. The van der Waals surface area contributed by atoms with Crippen molar-refractivity contribution in [1.29, 1.82) is 0 Å². The number of hydrogen-bond acceptors (Lipinski definition) is 4. The van der Waals surface area contributed by atoms with E-state index in [4.69, 9.17) is 4.74 Å². The number of allylic oxidation sites excluding steroid dienone is 2. The summed E-state index contributed by atoms with van der Waals surface area (Å²) in [6.07, 6.45) is 6.63. The Labute approximate surface area is 128 Å². The monoisotopic (exact) mass is 296 g/mol. The zero-order valence-corrected chi connectivity index (χ0v) is 12.2. The second-order valence-electron chi connectivity index (χ2n) is 6.01. The molecule has 3 aliphatic rings. The van der Waals surface area contributed by atoms with Gasteiger partial charge in [0.2, 0.25) is 0 Å². The zero-order valence-electron chi connectivity index (χ0n) is 12.2. The number of hydrogen-bond donors (Lipinski definition) is 0. The summed E-state index contributed by atoms with van der Waals surface area (Å²) in [5, 5.41) is 5.19. The molecule has 0 aromatic heterocycles. The van der Waals surface area contributed by atoms with Gasteiger partial charge in [0, 0.05) is 0 Å². The fraction of sp³-hybridized carbons (Fsp3) is 0.353. The van der Waals surface area contributed by atoms with E-state index in [9.17, 15) is 9.59 Å². The number of rotatable bonds is 3. The molecule has 4 atom stereocenters. The quantitative estimate of drug-likeness (QED) is 0.486. The second kappa shape index (κ2) is 4.80. The summed E-state index contributed by atoms with van der Waals surface area (Å²) >= 11 is 0. The maximum atomic E-state index is 12.4. The third-order valence-electron chi connectivity index (χ3n) is 4.89. The average Bonchev–Trinajstić information content (AvgIpc) is 3.21. The average molecular weight is 296 g/mol. The molecule has 5 heteroatoms. The molecule has 112 valence electrons. The largest absolute Gasteiger partial charge is 0.497 e. The van der Waals surface area contributed by atoms with E-state index in [-0.39, 0.29) is 35.5 Å². The van der Waals surface area contributed by atoms with Crippen molar-refractivity contribution in [3.05, 3.63) is 42.0 Å². The van der Waals surface area contributed by atoms with Crippen molar-refractivity contribution in [1.82, 2.24) is 5.01 Å². The van der Waals surface area contributed by atoms with E-state index in [2.05, 4.69) is 17.3 Å². The minimum absolute atomic E-state index is 0.156. The zero-order chi connectivity index (χ0) is 15.3. The second-order valence-corrected chi connectivity index (χ2v) is 6.01. The highest BCUT2D eigenvalue weighted by molar-refractivity contribution is 6.06. The molecule has 1 saturated carbocycles. The number of ether oxygens (including phenoxy) is 1. The Hall–Kier alpha value is -2.43. The lowest BCUT2D eigenvalue weighted by atomic mass is 9.85. The number of imide groups is 1. The van der Waals surface area contributed by atoms with Gasteiger partial charge < -0.3 is 4.74 Å². The molecular weight excluding hydrogens is 280 g/mol. The number of carbonyl (C=O) groups excluding carboxylic acids is 2. The molecule has 0 spiro atoms. The molecule has 2 amide bonds. The van der Waals surface area contributed by atoms with Crippen LogP contribution in [0.2, 0.25) is 0 Å². The van der Waals surface area contributed by atoms with Gasteiger partial charge in [-0.1, -0.05) is 12.2 Å². The van der Waals surface area contributed by atoms with Crippen LogP contribution >= 0.6 is 0 Å². The van der Waals surface area contributed by atoms with Crippen LogP contribution in [-0.4, -0.2) is 30.1 Å². The molecule has 22 heavy (non-hydrogen) atoms. The number of benzene rings is 1. The normalized spacial score (nSPS) is 32.3. The Kier molecular flexibility index (Phi) is 2.89. The number of nitrogens with zero attached hydrogens (tertiary/aromatic N) is 2. The molecule has 2 fully saturated rings. The summed E-state index contributed by atoms with van der Waals surface area (Å²) in [5.74, 6) is 0.474. The maximum absolute atomic E-state index is 12.4. The van der Waals surface area contributed by atoms with Crippen LogP contribution in [0.25, 0.3) is 0 Å². The Bertz CT molecular complexity index is 662. The molecular formula is C17H16N2O3. The van der Waals surface area contributed by atoms with E-state index in [0.29, 0.717) is 0 Å². The smallest absolute Gasteiger partial charge is 0.254 e.